The summed E-state index contributed by atoms with van der Waals surface area (Å²) < 4.78 is 72.9. The van der Waals surface area contributed by atoms with Gasteiger partial charge in [0.2, 0.25) is 0 Å². The van der Waals surface area contributed by atoms with Gasteiger partial charge in [0.25, 0.3) is 5.91 Å². The van der Waals surface area contributed by atoms with Crippen LogP contribution >= 0.6 is 15.9 Å². The number of amides is 1. The summed E-state index contributed by atoms with van der Waals surface area (Å²) in [5.41, 5.74) is 3.58. The highest BCUT2D eigenvalue weighted by Gasteiger charge is 2.46. The molecule has 0 unspecified atom stereocenters. The van der Waals surface area contributed by atoms with Crippen LogP contribution in [0, 0.1) is 0 Å². The molecule has 1 saturated carbocycles. The predicted octanol–water partition coefficient (Wildman–Crippen LogP) is 5.86. The first-order chi connectivity index (χ1) is 17.9. The maximum absolute atomic E-state index is 13.2. The van der Waals surface area contributed by atoms with Crippen molar-refractivity contribution in [3.8, 4) is 22.3 Å². The van der Waals surface area contributed by atoms with E-state index in [1.807, 2.05) is 6.92 Å². The molecule has 1 amide bonds. The molecule has 1 aromatic heterocycles. The van der Waals surface area contributed by atoms with Crippen LogP contribution in [0.15, 0.2) is 51.7 Å². The van der Waals surface area contributed by atoms with Gasteiger partial charge in [-0.25, -0.2) is 4.98 Å². The van der Waals surface area contributed by atoms with Gasteiger partial charge < -0.3 is 14.7 Å². The summed E-state index contributed by atoms with van der Waals surface area (Å²) in [6.45, 7) is 2.02. The maximum Gasteiger partial charge on any atom is 0.516 e. The molecule has 13 heteroatoms. The van der Waals surface area contributed by atoms with E-state index in [2.05, 4.69) is 15.9 Å². The SMILES string of the molecule is CCc1nc(C2CC2)c(C(N)=O)n1Cc1c2ccocc-2c(Br)c1-c1ccccc1NS(=O)(=O)C(F)(F)F. The Morgan fingerprint density at radius 2 is 1.92 bits per heavy atom. The number of carbonyl (C=O) groups excluding carboxylic acids is 1. The Bertz CT molecular complexity index is 1620. The van der Waals surface area contributed by atoms with Crippen molar-refractivity contribution in [1.29, 1.82) is 0 Å². The van der Waals surface area contributed by atoms with Gasteiger partial charge in [-0.1, -0.05) is 25.1 Å². The van der Waals surface area contributed by atoms with Gasteiger partial charge in [-0.15, -0.1) is 0 Å². The number of imidazole rings is 1. The van der Waals surface area contributed by atoms with Crippen LogP contribution in [0.2, 0.25) is 0 Å². The van der Waals surface area contributed by atoms with Gasteiger partial charge in [0.05, 0.1) is 30.5 Å². The lowest BCUT2D eigenvalue weighted by Gasteiger charge is -2.17. The molecule has 1 aromatic carbocycles. The second-order valence-corrected chi connectivity index (χ2v) is 11.5. The molecule has 38 heavy (non-hydrogen) atoms. The van der Waals surface area contributed by atoms with Crippen LogP contribution in [0.25, 0.3) is 22.3 Å². The van der Waals surface area contributed by atoms with Crippen LogP contribution < -0.4 is 10.5 Å². The minimum absolute atomic E-state index is 0.114. The number of aryl methyl sites for hydroxylation is 1. The van der Waals surface area contributed by atoms with E-state index in [4.69, 9.17) is 15.1 Å². The number of nitrogens with two attached hydrogens (primary N) is 1. The van der Waals surface area contributed by atoms with Gasteiger partial charge in [-0.3, -0.25) is 9.52 Å². The molecule has 3 N–H and O–H groups in total. The van der Waals surface area contributed by atoms with Crippen molar-refractivity contribution in [2.24, 2.45) is 5.73 Å². The normalized spacial score (nSPS) is 14.2. The average Bonchev–Trinajstić information content (AvgIpc) is 3.58. The molecule has 200 valence electrons. The molecule has 2 heterocycles. The lowest BCUT2D eigenvalue weighted by atomic mass is 10.0. The summed E-state index contributed by atoms with van der Waals surface area (Å²) in [4.78, 5) is 17.3. The zero-order chi connectivity index (χ0) is 27.4. The second kappa shape index (κ2) is 9.45. The third-order valence-electron chi connectivity index (χ3n) is 6.52. The Balaban J connectivity index is 1.73. The molecular weight excluding hydrogens is 589 g/mol. The molecule has 8 nitrogen and oxygen atoms in total. The molecule has 0 atom stereocenters. The van der Waals surface area contributed by atoms with Crippen molar-refractivity contribution in [2.75, 3.05) is 4.72 Å². The van der Waals surface area contributed by atoms with E-state index in [-0.39, 0.29) is 23.7 Å². The highest BCUT2D eigenvalue weighted by atomic mass is 79.9. The monoisotopic (exact) mass is 610 g/mol. The molecular formula is C25H22BrF3N4O4S. The zero-order valence-corrected chi connectivity index (χ0v) is 22.4. The van der Waals surface area contributed by atoms with E-state index in [9.17, 15) is 26.4 Å². The fourth-order valence-electron chi connectivity index (χ4n) is 4.66. The fraction of sp³-hybridized carbons (Fsp3) is 0.280. The number of fused-ring (bicyclic) bond motifs is 1. The number of halogens is 4. The van der Waals surface area contributed by atoms with Gasteiger partial charge in [0.1, 0.15) is 11.5 Å². The number of carbonyl (C=O) groups is 1. The topological polar surface area (TPSA) is 120 Å². The smallest absolute Gasteiger partial charge is 0.472 e. The first-order valence-corrected chi connectivity index (χ1v) is 14.0. The lowest BCUT2D eigenvalue weighted by Crippen LogP contribution is -2.30. The fourth-order valence-corrected chi connectivity index (χ4v) is 6.00. The highest BCUT2D eigenvalue weighted by Crippen LogP contribution is 2.49. The summed E-state index contributed by atoms with van der Waals surface area (Å²) in [6, 6.07) is 7.50. The van der Waals surface area contributed by atoms with Crippen LogP contribution in [-0.2, 0) is 23.0 Å². The number of hydrogen-bond donors (Lipinski definition) is 2. The Kier molecular flexibility index (Phi) is 6.54. The van der Waals surface area contributed by atoms with Crippen molar-refractivity contribution < 1.29 is 30.8 Å². The molecule has 2 aliphatic carbocycles. The zero-order valence-electron chi connectivity index (χ0n) is 20.0. The van der Waals surface area contributed by atoms with Gasteiger partial charge in [-0.2, -0.15) is 21.6 Å². The minimum atomic E-state index is -5.68. The number of aromatic nitrogens is 2. The molecule has 0 spiro atoms. The van der Waals surface area contributed by atoms with Crippen molar-refractivity contribution in [3.05, 3.63) is 70.1 Å². The van der Waals surface area contributed by atoms with E-state index in [1.54, 1.807) is 21.4 Å². The summed E-state index contributed by atoms with van der Waals surface area (Å²) in [5.74, 6) is 0.177. The standard InChI is InChI=1S/C25H22BrF3N4O4S/c1-2-19-31-22(13-7-8-13)23(24(30)34)33(19)11-16-14-9-10-37-12-17(14)21(26)20(16)15-5-3-4-6-18(15)32-38(35,36)25(27,28)29/h3-6,9-10,12-13,32H,2,7-8,11H2,1H3,(H2,30,34). The average molecular weight is 611 g/mol. The van der Waals surface area contributed by atoms with Gasteiger partial charge in [0, 0.05) is 33.5 Å². The van der Waals surface area contributed by atoms with Gasteiger partial charge in [0.15, 0.2) is 0 Å². The van der Waals surface area contributed by atoms with Crippen molar-refractivity contribution in [2.45, 2.75) is 44.2 Å². The molecule has 5 rings (SSSR count). The van der Waals surface area contributed by atoms with Crippen LogP contribution in [0.5, 0.6) is 0 Å². The lowest BCUT2D eigenvalue weighted by molar-refractivity contribution is -0.0429. The van der Waals surface area contributed by atoms with E-state index in [1.165, 1.54) is 30.7 Å². The van der Waals surface area contributed by atoms with Crippen LogP contribution in [0.3, 0.4) is 0 Å². The number of primary amides is 1. The van der Waals surface area contributed by atoms with Crippen LogP contribution in [-0.4, -0.2) is 29.4 Å². The predicted molar refractivity (Wildman–Crippen MR) is 138 cm³/mol. The molecule has 1 fully saturated rings. The Labute approximate surface area is 224 Å². The highest BCUT2D eigenvalue weighted by molar-refractivity contribution is 9.10. The van der Waals surface area contributed by atoms with Gasteiger partial charge >= 0.3 is 15.5 Å². The molecule has 2 aromatic rings. The Morgan fingerprint density at radius 1 is 1.21 bits per heavy atom. The van der Waals surface area contributed by atoms with E-state index in [0.29, 0.717) is 50.4 Å². The van der Waals surface area contributed by atoms with Gasteiger partial charge in [-0.05, 0) is 52.0 Å². The number of nitrogens with zero attached hydrogens (tertiary/aromatic N) is 2. The number of anilines is 1. The Morgan fingerprint density at radius 3 is 2.55 bits per heavy atom. The van der Waals surface area contributed by atoms with Crippen molar-refractivity contribution in [1.82, 2.24) is 9.55 Å². The molecule has 0 radical (unpaired) electrons. The number of para-hydroxylation sites is 1. The first kappa shape index (κ1) is 26.3. The van der Waals surface area contributed by atoms with Crippen LogP contribution in [0.4, 0.5) is 18.9 Å². The Hall–Kier alpha value is -3.32. The third kappa shape index (κ3) is 4.47. The summed E-state index contributed by atoms with van der Waals surface area (Å²) in [7, 11) is -5.68. The number of hydrogen-bond acceptors (Lipinski definition) is 5. The first-order valence-electron chi connectivity index (χ1n) is 11.7. The number of alkyl halides is 3. The van der Waals surface area contributed by atoms with Crippen molar-refractivity contribution >= 4 is 37.5 Å². The summed E-state index contributed by atoms with van der Waals surface area (Å²) in [5, 5.41) is 0. The minimum Gasteiger partial charge on any atom is -0.472 e. The number of benzene rings is 1. The number of sulfonamides is 1. The quantitative estimate of drug-likeness (QED) is 0.259. The molecule has 0 bridgehead atoms. The number of nitrogens with one attached hydrogen (secondary N) is 1. The second-order valence-electron chi connectivity index (χ2n) is 8.99. The number of rotatable bonds is 8. The van der Waals surface area contributed by atoms with Crippen LogP contribution in [0.1, 0.15) is 53.3 Å². The molecule has 1 aliphatic heterocycles. The van der Waals surface area contributed by atoms with E-state index >= 15 is 0 Å². The van der Waals surface area contributed by atoms with E-state index < -0.39 is 21.4 Å². The third-order valence-corrected chi connectivity index (χ3v) is 8.44. The van der Waals surface area contributed by atoms with Crippen molar-refractivity contribution in [3.63, 3.8) is 0 Å². The molecule has 3 aliphatic rings. The largest absolute Gasteiger partial charge is 0.516 e. The maximum atomic E-state index is 13.2. The molecule has 0 saturated heterocycles. The summed E-state index contributed by atoms with van der Waals surface area (Å²) in [6.07, 6.45) is 5.27. The summed E-state index contributed by atoms with van der Waals surface area (Å²) >= 11 is 3.55. The van der Waals surface area contributed by atoms with E-state index in [0.717, 1.165) is 12.8 Å².